The molecular formula is C14H17N3O3. The van der Waals surface area contributed by atoms with Crippen LogP contribution >= 0.6 is 0 Å². The summed E-state index contributed by atoms with van der Waals surface area (Å²) in [6, 6.07) is 7.93. The number of fused-ring (bicyclic) bond motifs is 1. The molecule has 2 heterocycles. The summed E-state index contributed by atoms with van der Waals surface area (Å²) >= 11 is 0. The number of benzene rings is 1. The van der Waals surface area contributed by atoms with Crippen molar-refractivity contribution in [2.24, 2.45) is 5.73 Å². The van der Waals surface area contributed by atoms with Gasteiger partial charge in [-0.1, -0.05) is 23.4 Å². The van der Waals surface area contributed by atoms with Gasteiger partial charge in [0.1, 0.15) is 11.9 Å². The number of para-hydroxylation sites is 1. The first-order valence-corrected chi connectivity index (χ1v) is 6.61. The summed E-state index contributed by atoms with van der Waals surface area (Å²) in [7, 11) is 1.57. The molecule has 2 unspecified atom stereocenters. The highest BCUT2D eigenvalue weighted by Gasteiger charge is 2.28. The Balaban J connectivity index is 1.91. The number of hydrogen-bond donors (Lipinski definition) is 1. The van der Waals surface area contributed by atoms with Gasteiger partial charge in [-0.3, -0.25) is 0 Å². The van der Waals surface area contributed by atoms with Crippen molar-refractivity contribution in [3.05, 3.63) is 41.5 Å². The number of hydrogen-bond acceptors (Lipinski definition) is 6. The predicted octanol–water partition coefficient (Wildman–Crippen LogP) is 1.63. The lowest BCUT2D eigenvalue weighted by atomic mass is 9.92. The van der Waals surface area contributed by atoms with Crippen molar-refractivity contribution in [1.82, 2.24) is 10.1 Å². The highest BCUT2D eigenvalue weighted by Crippen LogP contribution is 2.36. The summed E-state index contributed by atoms with van der Waals surface area (Å²) < 4.78 is 16.1. The van der Waals surface area contributed by atoms with Crippen molar-refractivity contribution in [1.29, 1.82) is 0 Å². The van der Waals surface area contributed by atoms with Crippen LogP contribution < -0.4 is 10.5 Å². The fourth-order valence-electron chi connectivity index (χ4n) is 2.43. The highest BCUT2D eigenvalue weighted by molar-refractivity contribution is 5.40. The second-order valence-corrected chi connectivity index (χ2v) is 4.68. The number of nitrogens with two attached hydrogens (primary N) is 1. The third kappa shape index (κ3) is 2.28. The number of rotatable bonds is 4. The Labute approximate surface area is 116 Å². The van der Waals surface area contributed by atoms with E-state index in [1.165, 1.54) is 0 Å². The summed E-state index contributed by atoms with van der Waals surface area (Å²) in [5.74, 6) is 2.06. The Morgan fingerprint density at radius 3 is 3.10 bits per heavy atom. The van der Waals surface area contributed by atoms with Crippen LogP contribution in [-0.2, 0) is 4.74 Å². The lowest BCUT2D eigenvalue weighted by Gasteiger charge is -2.23. The molecule has 2 N–H and O–H groups in total. The normalized spacial score (nSPS) is 19.2. The van der Waals surface area contributed by atoms with Gasteiger partial charge in [0.15, 0.2) is 5.82 Å². The SMILES string of the molecule is COC(CN)c1nc(C2CCOc3ccccc32)no1. The average molecular weight is 275 g/mol. The van der Waals surface area contributed by atoms with Crippen LogP contribution in [0.3, 0.4) is 0 Å². The lowest BCUT2D eigenvalue weighted by molar-refractivity contribution is 0.0803. The Morgan fingerprint density at radius 2 is 2.30 bits per heavy atom. The van der Waals surface area contributed by atoms with Gasteiger partial charge in [0.05, 0.1) is 12.5 Å². The van der Waals surface area contributed by atoms with Gasteiger partial charge >= 0.3 is 0 Å². The minimum atomic E-state index is -0.355. The van der Waals surface area contributed by atoms with Crippen LogP contribution in [-0.4, -0.2) is 30.4 Å². The maximum Gasteiger partial charge on any atom is 0.257 e. The zero-order chi connectivity index (χ0) is 13.9. The molecule has 0 spiro atoms. The molecule has 6 heteroatoms. The quantitative estimate of drug-likeness (QED) is 0.913. The third-order valence-electron chi connectivity index (χ3n) is 3.50. The van der Waals surface area contributed by atoms with Crippen molar-refractivity contribution < 1.29 is 14.0 Å². The largest absolute Gasteiger partial charge is 0.493 e. The molecule has 6 nitrogen and oxygen atoms in total. The summed E-state index contributed by atoms with van der Waals surface area (Å²) in [6.45, 7) is 0.957. The molecule has 0 fully saturated rings. The molecule has 3 rings (SSSR count). The van der Waals surface area contributed by atoms with Gasteiger partial charge in [0.25, 0.3) is 5.89 Å². The van der Waals surface area contributed by atoms with E-state index < -0.39 is 0 Å². The van der Waals surface area contributed by atoms with Crippen LogP contribution in [0.15, 0.2) is 28.8 Å². The molecule has 0 radical (unpaired) electrons. The number of nitrogens with zero attached hydrogens (tertiary/aromatic N) is 2. The first-order valence-electron chi connectivity index (χ1n) is 6.61. The molecule has 0 bridgehead atoms. The molecule has 0 amide bonds. The lowest BCUT2D eigenvalue weighted by Crippen LogP contribution is -2.17. The van der Waals surface area contributed by atoms with Crippen LogP contribution in [0.1, 0.15) is 35.7 Å². The molecule has 0 aliphatic carbocycles. The fraction of sp³-hybridized carbons (Fsp3) is 0.429. The highest BCUT2D eigenvalue weighted by atomic mass is 16.5. The minimum Gasteiger partial charge on any atom is -0.493 e. The van der Waals surface area contributed by atoms with Gasteiger partial charge in [-0.05, 0) is 12.5 Å². The van der Waals surface area contributed by atoms with E-state index in [0.717, 1.165) is 17.7 Å². The van der Waals surface area contributed by atoms with E-state index in [0.29, 0.717) is 24.9 Å². The number of aromatic nitrogens is 2. The van der Waals surface area contributed by atoms with Crippen LogP contribution in [0.5, 0.6) is 5.75 Å². The van der Waals surface area contributed by atoms with Crippen LogP contribution in [0.25, 0.3) is 0 Å². The summed E-state index contributed by atoms with van der Waals surface area (Å²) in [4.78, 5) is 4.44. The summed E-state index contributed by atoms with van der Waals surface area (Å²) in [6.07, 6.45) is 0.474. The van der Waals surface area contributed by atoms with E-state index in [4.69, 9.17) is 19.7 Å². The summed E-state index contributed by atoms with van der Waals surface area (Å²) in [5.41, 5.74) is 6.70. The minimum absolute atomic E-state index is 0.0905. The van der Waals surface area contributed by atoms with Gasteiger partial charge in [-0.25, -0.2) is 0 Å². The van der Waals surface area contributed by atoms with Crippen LogP contribution in [0.2, 0.25) is 0 Å². The van der Waals surface area contributed by atoms with E-state index >= 15 is 0 Å². The Kier molecular flexibility index (Phi) is 3.66. The molecule has 0 saturated carbocycles. The second-order valence-electron chi connectivity index (χ2n) is 4.68. The molecule has 106 valence electrons. The topological polar surface area (TPSA) is 83.4 Å². The summed E-state index contributed by atoms with van der Waals surface area (Å²) in [5, 5.41) is 4.08. The molecule has 2 atom stereocenters. The molecule has 1 aliphatic rings. The van der Waals surface area contributed by atoms with E-state index in [-0.39, 0.29) is 12.0 Å². The molecule has 0 saturated heterocycles. The van der Waals surface area contributed by atoms with Crippen molar-refractivity contribution in [3.63, 3.8) is 0 Å². The predicted molar refractivity (Wildman–Crippen MR) is 71.5 cm³/mol. The molecule has 2 aromatic rings. The molecule has 20 heavy (non-hydrogen) atoms. The van der Waals surface area contributed by atoms with E-state index in [2.05, 4.69) is 10.1 Å². The Morgan fingerprint density at radius 1 is 1.45 bits per heavy atom. The maximum absolute atomic E-state index is 5.64. The first kappa shape index (κ1) is 13.1. The fourth-order valence-corrected chi connectivity index (χ4v) is 2.43. The molecule has 1 aromatic carbocycles. The van der Waals surface area contributed by atoms with Gasteiger partial charge in [-0.2, -0.15) is 4.98 Å². The smallest absolute Gasteiger partial charge is 0.257 e. The van der Waals surface area contributed by atoms with E-state index in [9.17, 15) is 0 Å². The second kappa shape index (κ2) is 5.60. The average Bonchev–Trinajstić information content (AvgIpc) is 2.97. The maximum atomic E-state index is 5.64. The molecular weight excluding hydrogens is 258 g/mol. The first-order chi connectivity index (χ1) is 9.83. The zero-order valence-electron chi connectivity index (χ0n) is 11.3. The van der Waals surface area contributed by atoms with E-state index in [1.807, 2.05) is 24.3 Å². The van der Waals surface area contributed by atoms with Crippen molar-refractivity contribution in [2.45, 2.75) is 18.4 Å². The third-order valence-corrected chi connectivity index (χ3v) is 3.50. The van der Waals surface area contributed by atoms with Crippen molar-refractivity contribution >= 4 is 0 Å². The number of ether oxygens (including phenoxy) is 2. The molecule has 1 aromatic heterocycles. The van der Waals surface area contributed by atoms with E-state index in [1.54, 1.807) is 7.11 Å². The number of methoxy groups -OCH3 is 1. The van der Waals surface area contributed by atoms with Crippen LogP contribution in [0, 0.1) is 0 Å². The van der Waals surface area contributed by atoms with Crippen LogP contribution in [0.4, 0.5) is 0 Å². The van der Waals surface area contributed by atoms with Crippen molar-refractivity contribution in [2.75, 3.05) is 20.3 Å². The zero-order valence-corrected chi connectivity index (χ0v) is 11.3. The Bertz CT molecular complexity index is 581. The monoisotopic (exact) mass is 275 g/mol. The van der Waals surface area contributed by atoms with Gasteiger partial charge in [-0.15, -0.1) is 0 Å². The van der Waals surface area contributed by atoms with Crippen molar-refractivity contribution in [3.8, 4) is 5.75 Å². The van der Waals surface area contributed by atoms with Gasteiger partial charge in [0.2, 0.25) is 0 Å². The van der Waals surface area contributed by atoms with Gasteiger partial charge < -0.3 is 19.7 Å². The standard InChI is InChI=1S/C14H17N3O3/c1-18-12(8-15)14-16-13(17-20-14)10-6-7-19-11-5-3-2-4-9(10)11/h2-5,10,12H,6-8,15H2,1H3. The molecule has 1 aliphatic heterocycles. The van der Waals surface area contributed by atoms with Gasteiger partial charge in [0, 0.05) is 19.2 Å². The Hall–Kier alpha value is -1.92.